The van der Waals surface area contributed by atoms with Crippen LogP contribution in [0.4, 0.5) is 0 Å². The van der Waals surface area contributed by atoms with E-state index in [-0.39, 0.29) is 12.1 Å². The Balaban J connectivity index is 2.41. The summed E-state index contributed by atoms with van der Waals surface area (Å²) in [6.45, 7) is 2.22. The molecule has 2 aromatic heterocycles. The summed E-state index contributed by atoms with van der Waals surface area (Å²) >= 11 is 6.06. The van der Waals surface area contributed by atoms with Crippen molar-refractivity contribution in [2.24, 2.45) is 0 Å². The summed E-state index contributed by atoms with van der Waals surface area (Å²) < 4.78 is 1.31. The summed E-state index contributed by atoms with van der Waals surface area (Å²) in [5, 5.41) is 4.73. The molecule has 0 aliphatic carbocycles. The molecule has 0 unspecified atom stereocenters. The molecule has 96 valence electrons. The molecule has 2 rings (SSSR count). The Morgan fingerprint density at radius 1 is 1.32 bits per heavy atom. The lowest BCUT2D eigenvalue weighted by atomic mass is 10.2. The highest BCUT2D eigenvalue weighted by Gasteiger charge is 2.07. The van der Waals surface area contributed by atoms with E-state index < -0.39 is 0 Å². The summed E-state index contributed by atoms with van der Waals surface area (Å²) in [4.78, 5) is 15.8. The summed E-state index contributed by atoms with van der Waals surface area (Å²) in [5.41, 5.74) is 0.922. The first kappa shape index (κ1) is 13.3. The fourth-order valence-corrected chi connectivity index (χ4v) is 1.74. The molecule has 0 N–H and O–H groups in total. The molecule has 0 bridgehead atoms. The van der Waals surface area contributed by atoms with Crippen molar-refractivity contribution >= 4 is 11.6 Å². The van der Waals surface area contributed by atoms with Gasteiger partial charge in [0, 0.05) is 18.7 Å². The highest BCUT2D eigenvalue weighted by atomic mass is 35.5. The van der Waals surface area contributed by atoms with Gasteiger partial charge in [-0.15, -0.1) is 5.92 Å². The number of rotatable bonds is 2. The van der Waals surface area contributed by atoms with Gasteiger partial charge in [0.1, 0.15) is 17.9 Å². The van der Waals surface area contributed by atoms with Crippen LogP contribution < -0.4 is 5.56 Å². The third-order valence-electron chi connectivity index (χ3n) is 2.40. The Morgan fingerprint density at radius 2 is 2.16 bits per heavy atom. The molecule has 0 amide bonds. The number of hydrogen-bond donors (Lipinski definition) is 0. The standard InChI is InChI=1S/C14H12ClN3O/c1-2-3-4-10-18-13(19)8-7-12(17-18)14-11(15)6-5-9-16-14/h5-9H,2,10H2,1H3. The van der Waals surface area contributed by atoms with E-state index in [9.17, 15) is 4.79 Å². The van der Waals surface area contributed by atoms with Gasteiger partial charge in [0.25, 0.3) is 5.56 Å². The van der Waals surface area contributed by atoms with Crippen LogP contribution in [0.25, 0.3) is 11.4 Å². The van der Waals surface area contributed by atoms with E-state index in [0.29, 0.717) is 16.4 Å². The SMILES string of the molecule is CCC#CCn1nc(-c2ncccc2Cl)ccc1=O. The van der Waals surface area contributed by atoms with Gasteiger partial charge in [-0.05, 0) is 18.2 Å². The maximum absolute atomic E-state index is 11.7. The van der Waals surface area contributed by atoms with Gasteiger partial charge in [-0.2, -0.15) is 5.10 Å². The fourth-order valence-electron chi connectivity index (χ4n) is 1.52. The minimum Gasteiger partial charge on any atom is -0.268 e. The van der Waals surface area contributed by atoms with Crippen LogP contribution in [0, 0.1) is 11.8 Å². The molecule has 0 aliphatic rings. The van der Waals surface area contributed by atoms with E-state index in [1.54, 1.807) is 24.4 Å². The number of halogens is 1. The van der Waals surface area contributed by atoms with Crippen molar-refractivity contribution in [3.05, 3.63) is 45.8 Å². The second-order valence-electron chi connectivity index (χ2n) is 3.76. The Kier molecular flexibility index (Phi) is 4.32. The van der Waals surface area contributed by atoms with Crippen LogP contribution >= 0.6 is 11.6 Å². The smallest absolute Gasteiger partial charge is 0.267 e. The highest BCUT2D eigenvalue weighted by Crippen LogP contribution is 2.21. The van der Waals surface area contributed by atoms with Crippen molar-refractivity contribution in [2.45, 2.75) is 19.9 Å². The van der Waals surface area contributed by atoms with Crippen molar-refractivity contribution in [3.63, 3.8) is 0 Å². The second-order valence-corrected chi connectivity index (χ2v) is 4.16. The van der Waals surface area contributed by atoms with E-state index >= 15 is 0 Å². The summed E-state index contributed by atoms with van der Waals surface area (Å²) in [6.07, 6.45) is 2.38. The van der Waals surface area contributed by atoms with Gasteiger partial charge in [-0.3, -0.25) is 9.78 Å². The quantitative estimate of drug-likeness (QED) is 0.789. The number of aromatic nitrogens is 3. The molecule has 2 heterocycles. The lowest BCUT2D eigenvalue weighted by Crippen LogP contribution is -2.21. The largest absolute Gasteiger partial charge is 0.268 e. The third-order valence-corrected chi connectivity index (χ3v) is 2.70. The number of hydrogen-bond acceptors (Lipinski definition) is 3. The average molecular weight is 274 g/mol. The van der Waals surface area contributed by atoms with Gasteiger partial charge in [0.2, 0.25) is 0 Å². The van der Waals surface area contributed by atoms with Crippen molar-refractivity contribution in [3.8, 4) is 23.2 Å². The fraction of sp³-hybridized carbons (Fsp3) is 0.214. The molecular formula is C14H12ClN3O. The van der Waals surface area contributed by atoms with Gasteiger partial charge in [-0.1, -0.05) is 24.4 Å². The van der Waals surface area contributed by atoms with Gasteiger partial charge in [-0.25, -0.2) is 4.68 Å². The third kappa shape index (κ3) is 3.21. The van der Waals surface area contributed by atoms with E-state index in [1.807, 2.05) is 6.92 Å². The van der Waals surface area contributed by atoms with Gasteiger partial charge in [0.15, 0.2) is 0 Å². The van der Waals surface area contributed by atoms with Crippen LogP contribution in [0.2, 0.25) is 5.02 Å². The van der Waals surface area contributed by atoms with Gasteiger partial charge < -0.3 is 0 Å². The van der Waals surface area contributed by atoms with Crippen LogP contribution in [0.1, 0.15) is 13.3 Å². The van der Waals surface area contributed by atoms with E-state index in [4.69, 9.17) is 11.6 Å². The molecule has 4 nitrogen and oxygen atoms in total. The summed E-state index contributed by atoms with van der Waals surface area (Å²) in [7, 11) is 0. The van der Waals surface area contributed by atoms with Crippen LogP contribution in [0.5, 0.6) is 0 Å². The van der Waals surface area contributed by atoms with Crippen LogP contribution in [0.3, 0.4) is 0 Å². The molecule has 0 fully saturated rings. The van der Waals surface area contributed by atoms with Crippen molar-refractivity contribution in [1.82, 2.24) is 14.8 Å². The zero-order valence-corrected chi connectivity index (χ0v) is 11.2. The monoisotopic (exact) mass is 273 g/mol. The Hall–Kier alpha value is -2.12. The Morgan fingerprint density at radius 3 is 2.89 bits per heavy atom. The molecule has 0 spiro atoms. The highest BCUT2D eigenvalue weighted by molar-refractivity contribution is 6.32. The predicted octanol–water partition coefficient (Wildman–Crippen LogP) is 2.37. The normalized spacial score (nSPS) is 9.79. The first-order chi connectivity index (χ1) is 9.22. The molecule has 0 atom stereocenters. The molecule has 2 aromatic rings. The predicted molar refractivity (Wildman–Crippen MR) is 74.8 cm³/mol. The summed E-state index contributed by atoms with van der Waals surface area (Å²) in [6, 6.07) is 6.54. The average Bonchev–Trinajstić information content (AvgIpc) is 2.42. The van der Waals surface area contributed by atoms with Crippen LogP contribution in [-0.4, -0.2) is 14.8 Å². The molecule has 0 aliphatic heterocycles. The molecule has 0 aromatic carbocycles. The van der Waals surface area contributed by atoms with E-state index in [2.05, 4.69) is 21.9 Å². The second kappa shape index (κ2) is 6.17. The van der Waals surface area contributed by atoms with Crippen LogP contribution in [0.15, 0.2) is 35.3 Å². The van der Waals surface area contributed by atoms with E-state index in [0.717, 1.165) is 6.42 Å². The van der Waals surface area contributed by atoms with Crippen molar-refractivity contribution in [1.29, 1.82) is 0 Å². The number of nitrogens with zero attached hydrogens (tertiary/aromatic N) is 3. The van der Waals surface area contributed by atoms with Gasteiger partial charge in [0.05, 0.1) is 5.02 Å². The molecule has 0 saturated heterocycles. The minimum atomic E-state index is -0.193. The topological polar surface area (TPSA) is 47.8 Å². The zero-order valence-electron chi connectivity index (χ0n) is 10.4. The molecule has 19 heavy (non-hydrogen) atoms. The Bertz CT molecular complexity index is 698. The van der Waals surface area contributed by atoms with Crippen molar-refractivity contribution in [2.75, 3.05) is 0 Å². The van der Waals surface area contributed by atoms with Crippen molar-refractivity contribution < 1.29 is 0 Å². The number of pyridine rings is 1. The minimum absolute atomic E-state index is 0.193. The van der Waals surface area contributed by atoms with E-state index in [1.165, 1.54) is 10.7 Å². The molecular weight excluding hydrogens is 262 g/mol. The molecule has 5 heteroatoms. The first-order valence-corrected chi connectivity index (χ1v) is 6.25. The maximum Gasteiger partial charge on any atom is 0.267 e. The molecule has 0 radical (unpaired) electrons. The molecule has 0 saturated carbocycles. The summed E-state index contributed by atoms with van der Waals surface area (Å²) in [5.74, 6) is 5.79. The lowest BCUT2D eigenvalue weighted by molar-refractivity contribution is 0.665. The van der Waals surface area contributed by atoms with Gasteiger partial charge >= 0.3 is 0 Å². The first-order valence-electron chi connectivity index (χ1n) is 5.87. The Labute approximate surface area is 116 Å². The zero-order chi connectivity index (χ0) is 13.7. The maximum atomic E-state index is 11.7. The van der Waals surface area contributed by atoms with Crippen LogP contribution in [-0.2, 0) is 6.54 Å². The lowest BCUT2D eigenvalue weighted by Gasteiger charge is -2.04.